The number of nitrogens with two attached hydrogens (primary N) is 2. The maximum absolute atomic E-state index is 5.83. The summed E-state index contributed by atoms with van der Waals surface area (Å²) < 4.78 is 4.68. The van der Waals surface area contributed by atoms with Gasteiger partial charge in [0.2, 0.25) is 5.88 Å². The van der Waals surface area contributed by atoms with Crippen molar-refractivity contribution in [1.82, 2.24) is 5.16 Å². The van der Waals surface area contributed by atoms with Gasteiger partial charge in [-0.3, -0.25) is 0 Å². The SMILES string of the molecule is Nc1oncc1C1(N)CC1. The van der Waals surface area contributed by atoms with Crippen LogP contribution in [0.4, 0.5) is 5.88 Å². The Morgan fingerprint density at radius 1 is 1.60 bits per heavy atom. The zero-order valence-electron chi connectivity index (χ0n) is 5.50. The van der Waals surface area contributed by atoms with E-state index in [0.29, 0.717) is 5.88 Å². The summed E-state index contributed by atoms with van der Waals surface area (Å²) in [6.07, 6.45) is 3.57. The molecule has 1 aromatic heterocycles. The topological polar surface area (TPSA) is 78.1 Å². The molecule has 0 aromatic carbocycles. The van der Waals surface area contributed by atoms with Crippen molar-refractivity contribution in [3.63, 3.8) is 0 Å². The van der Waals surface area contributed by atoms with Crippen LogP contribution in [-0.4, -0.2) is 5.16 Å². The van der Waals surface area contributed by atoms with Crippen LogP contribution in [0, 0.1) is 0 Å². The first kappa shape index (κ1) is 5.73. The number of nitrogen functional groups attached to an aromatic ring is 1. The summed E-state index contributed by atoms with van der Waals surface area (Å²) in [6.45, 7) is 0. The maximum Gasteiger partial charge on any atom is 0.227 e. The fourth-order valence-corrected chi connectivity index (χ4v) is 1.03. The van der Waals surface area contributed by atoms with Crippen molar-refractivity contribution >= 4 is 5.88 Å². The van der Waals surface area contributed by atoms with Gasteiger partial charge in [-0.1, -0.05) is 5.16 Å². The van der Waals surface area contributed by atoms with E-state index >= 15 is 0 Å². The average molecular weight is 139 g/mol. The molecule has 10 heavy (non-hydrogen) atoms. The van der Waals surface area contributed by atoms with Gasteiger partial charge in [0, 0.05) is 5.54 Å². The number of aromatic nitrogens is 1. The second-order valence-electron chi connectivity index (χ2n) is 2.76. The van der Waals surface area contributed by atoms with Gasteiger partial charge >= 0.3 is 0 Å². The van der Waals surface area contributed by atoms with Gasteiger partial charge in [0.1, 0.15) is 0 Å². The molecule has 0 radical (unpaired) electrons. The predicted molar refractivity (Wildman–Crippen MR) is 36.0 cm³/mol. The number of rotatable bonds is 1. The molecule has 0 atom stereocenters. The van der Waals surface area contributed by atoms with E-state index in [-0.39, 0.29) is 5.54 Å². The van der Waals surface area contributed by atoms with E-state index < -0.39 is 0 Å². The standard InChI is InChI=1S/C6H9N3O/c7-5-4(3-9-10-5)6(8)1-2-6/h3H,1-2,7-8H2. The van der Waals surface area contributed by atoms with E-state index in [2.05, 4.69) is 9.68 Å². The summed E-state index contributed by atoms with van der Waals surface area (Å²) in [5, 5.41) is 3.55. The van der Waals surface area contributed by atoms with Crippen molar-refractivity contribution in [3.8, 4) is 0 Å². The molecule has 0 bridgehead atoms. The molecule has 1 heterocycles. The molecule has 2 rings (SSSR count). The second-order valence-corrected chi connectivity index (χ2v) is 2.76. The van der Waals surface area contributed by atoms with Crippen LogP contribution >= 0.6 is 0 Å². The highest BCUT2D eigenvalue weighted by atomic mass is 16.5. The first-order valence-corrected chi connectivity index (χ1v) is 3.22. The molecule has 4 nitrogen and oxygen atoms in total. The molecular weight excluding hydrogens is 130 g/mol. The molecule has 0 amide bonds. The van der Waals surface area contributed by atoms with Crippen LogP contribution in [0.15, 0.2) is 10.7 Å². The highest BCUT2D eigenvalue weighted by Gasteiger charge is 2.43. The molecule has 4 N–H and O–H groups in total. The molecule has 1 fully saturated rings. The highest BCUT2D eigenvalue weighted by Crippen LogP contribution is 2.44. The van der Waals surface area contributed by atoms with Crippen LogP contribution in [0.3, 0.4) is 0 Å². The van der Waals surface area contributed by atoms with E-state index in [1.165, 1.54) is 0 Å². The van der Waals surface area contributed by atoms with Crippen LogP contribution in [0.2, 0.25) is 0 Å². The Balaban J connectivity index is 2.42. The Morgan fingerprint density at radius 3 is 2.70 bits per heavy atom. The van der Waals surface area contributed by atoms with Gasteiger partial charge in [0.15, 0.2) is 0 Å². The van der Waals surface area contributed by atoms with Crippen LogP contribution < -0.4 is 11.5 Å². The van der Waals surface area contributed by atoms with Crippen molar-refractivity contribution in [1.29, 1.82) is 0 Å². The van der Waals surface area contributed by atoms with Crippen molar-refractivity contribution in [2.24, 2.45) is 5.73 Å². The van der Waals surface area contributed by atoms with Gasteiger partial charge in [-0.25, -0.2) is 0 Å². The quantitative estimate of drug-likeness (QED) is 0.582. The first-order valence-electron chi connectivity index (χ1n) is 3.22. The van der Waals surface area contributed by atoms with Crippen molar-refractivity contribution < 1.29 is 4.52 Å². The minimum atomic E-state index is -0.218. The lowest BCUT2D eigenvalue weighted by Crippen LogP contribution is -2.19. The monoisotopic (exact) mass is 139 g/mol. The van der Waals surface area contributed by atoms with Crippen LogP contribution in [0.25, 0.3) is 0 Å². The number of anilines is 1. The Kier molecular flexibility index (Phi) is 0.870. The Bertz CT molecular complexity index is 251. The molecule has 1 saturated carbocycles. The lowest BCUT2D eigenvalue weighted by Gasteiger charge is -2.02. The Labute approximate surface area is 58.2 Å². The molecule has 1 aromatic rings. The molecular formula is C6H9N3O. The van der Waals surface area contributed by atoms with Crippen LogP contribution in [0.5, 0.6) is 0 Å². The summed E-state index contributed by atoms with van der Waals surface area (Å²) in [4.78, 5) is 0. The van der Waals surface area contributed by atoms with E-state index in [1.807, 2.05) is 0 Å². The second kappa shape index (κ2) is 1.52. The lowest BCUT2D eigenvalue weighted by molar-refractivity contribution is 0.435. The summed E-state index contributed by atoms with van der Waals surface area (Å²) >= 11 is 0. The van der Waals surface area contributed by atoms with Gasteiger partial charge in [-0.15, -0.1) is 0 Å². The molecule has 0 saturated heterocycles. The van der Waals surface area contributed by atoms with Gasteiger partial charge < -0.3 is 16.0 Å². The Morgan fingerprint density at radius 2 is 2.30 bits per heavy atom. The van der Waals surface area contributed by atoms with E-state index in [4.69, 9.17) is 11.5 Å². The minimum absolute atomic E-state index is 0.218. The molecule has 0 aliphatic heterocycles. The minimum Gasteiger partial charge on any atom is -0.367 e. The first-order chi connectivity index (χ1) is 4.72. The average Bonchev–Trinajstić information content (AvgIpc) is 2.44. The van der Waals surface area contributed by atoms with Crippen molar-refractivity contribution in [3.05, 3.63) is 11.8 Å². The molecule has 0 unspecified atom stereocenters. The summed E-state index contributed by atoms with van der Waals surface area (Å²) in [5.74, 6) is 0.361. The summed E-state index contributed by atoms with van der Waals surface area (Å²) in [5.41, 5.74) is 11.9. The Hall–Kier alpha value is -1.03. The fourth-order valence-electron chi connectivity index (χ4n) is 1.03. The lowest BCUT2D eigenvalue weighted by atomic mass is 10.1. The van der Waals surface area contributed by atoms with Crippen molar-refractivity contribution in [2.75, 3.05) is 5.73 Å². The van der Waals surface area contributed by atoms with E-state index in [1.54, 1.807) is 6.20 Å². The molecule has 1 aliphatic carbocycles. The van der Waals surface area contributed by atoms with Gasteiger partial charge in [0.25, 0.3) is 0 Å². The smallest absolute Gasteiger partial charge is 0.227 e. The maximum atomic E-state index is 5.83. The zero-order valence-corrected chi connectivity index (χ0v) is 5.50. The third-order valence-corrected chi connectivity index (χ3v) is 1.92. The van der Waals surface area contributed by atoms with Gasteiger partial charge in [0.05, 0.1) is 11.8 Å². The molecule has 0 spiro atoms. The zero-order chi connectivity index (χ0) is 7.19. The summed E-state index contributed by atoms with van der Waals surface area (Å²) in [7, 11) is 0. The van der Waals surface area contributed by atoms with E-state index in [0.717, 1.165) is 18.4 Å². The van der Waals surface area contributed by atoms with Crippen molar-refractivity contribution in [2.45, 2.75) is 18.4 Å². The molecule has 1 aliphatic rings. The third-order valence-electron chi connectivity index (χ3n) is 1.92. The van der Waals surface area contributed by atoms with Crippen LogP contribution in [0.1, 0.15) is 18.4 Å². The number of hydrogen-bond acceptors (Lipinski definition) is 4. The number of hydrogen-bond donors (Lipinski definition) is 2. The predicted octanol–water partition coefficient (Wildman–Crippen LogP) is 0.205. The molecule has 4 heteroatoms. The third kappa shape index (κ3) is 0.623. The normalized spacial score (nSPS) is 20.9. The van der Waals surface area contributed by atoms with Gasteiger partial charge in [-0.05, 0) is 12.8 Å². The largest absolute Gasteiger partial charge is 0.367 e. The summed E-state index contributed by atoms with van der Waals surface area (Å²) in [6, 6.07) is 0. The fraction of sp³-hybridized carbons (Fsp3) is 0.500. The van der Waals surface area contributed by atoms with E-state index in [9.17, 15) is 0 Å². The molecule has 54 valence electrons. The highest BCUT2D eigenvalue weighted by molar-refractivity contribution is 5.42. The van der Waals surface area contributed by atoms with Gasteiger partial charge in [-0.2, -0.15) is 0 Å². The number of nitrogens with zero attached hydrogens (tertiary/aromatic N) is 1. The van der Waals surface area contributed by atoms with Crippen LogP contribution in [-0.2, 0) is 5.54 Å².